The molecule has 0 radical (unpaired) electrons. The maximum atomic E-state index is 6.26. The summed E-state index contributed by atoms with van der Waals surface area (Å²) < 4.78 is 0. The van der Waals surface area contributed by atoms with Gasteiger partial charge in [-0.3, -0.25) is 9.97 Å². The fourth-order valence-electron chi connectivity index (χ4n) is 1.79. The highest BCUT2D eigenvalue weighted by Gasteiger charge is 2.16. The second kappa shape index (κ2) is 5.25. The first-order valence-corrected chi connectivity index (χ1v) is 5.79. The van der Waals surface area contributed by atoms with Crippen molar-refractivity contribution in [1.82, 2.24) is 15.3 Å². The van der Waals surface area contributed by atoms with Crippen LogP contribution in [0.4, 0.5) is 0 Å². The van der Waals surface area contributed by atoms with Crippen LogP contribution >= 0.6 is 11.6 Å². The Kier molecular flexibility index (Phi) is 3.71. The van der Waals surface area contributed by atoms with E-state index in [0.29, 0.717) is 0 Å². The predicted molar refractivity (Wildman–Crippen MR) is 69.1 cm³/mol. The number of aromatic nitrogens is 2. The van der Waals surface area contributed by atoms with E-state index in [9.17, 15) is 0 Å². The van der Waals surface area contributed by atoms with Gasteiger partial charge in [-0.2, -0.15) is 0 Å². The van der Waals surface area contributed by atoms with Crippen LogP contribution < -0.4 is 5.32 Å². The molecule has 1 heterocycles. The highest BCUT2D eigenvalue weighted by molar-refractivity contribution is 6.31. The average molecular weight is 248 g/mol. The van der Waals surface area contributed by atoms with Gasteiger partial charge in [0.05, 0.1) is 17.9 Å². The van der Waals surface area contributed by atoms with Crippen molar-refractivity contribution in [2.45, 2.75) is 13.0 Å². The Hall–Kier alpha value is -1.45. The minimum Gasteiger partial charge on any atom is -0.308 e. The minimum absolute atomic E-state index is 0.0307. The van der Waals surface area contributed by atoms with Gasteiger partial charge in [-0.1, -0.05) is 23.7 Å². The lowest BCUT2D eigenvalue weighted by Crippen LogP contribution is -2.19. The van der Waals surface area contributed by atoms with E-state index >= 15 is 0 Å². The van der Waals surface area contributed by atoms with E-state index in [2.05, 4.69) is 15.3 Å². The molecule has 0 fully saturated rings. The molecule has 2 rings (SSSR count). The number of aryl methyl sites for hydroxylation is 1. The molecule has 3 nitrogen and oxygen atoms in total. The van der Waals surface area contributed by atoms with Crippen molar-refractivity contribution in [3.63, 3.8) is 0 Å². The largest absolute Gasteiger partial charge is 0.308 e. The molecular weight excluding hydrogens is 234 g/mol. The van der Waals surface area contributed by atoms with Crippen LogP contribution in [0.15, 0.2) is 36.8 Å². The maximum Gasteiger partial charge on any atom is 0.0801 e. The van der Waals surface area contributed by atoms with Gasteiger partial charge in [0, 0.05) is 17.4 Å². The van der Waals surface area contributed by atoms with E-state index in [0.717, 1.165) is 21.8 Å². The van der Waals surface area contributed by atoms with Crippen LogP contribution in [0.2, 0.25) is 5.02 Å². The van der Waals surface area contributed by atoms with Crippen molar-refractivity contribution >= 4 is 11.6 Å². The molecule has 17 heavy (non-hydrogen) atoms. The lowest BCUT2D eigenvalue weighted by atomic mass is 10.0. The SMILES string of the molecule is CNC(c1cnccn1)c1ccc(C)cc1Cl. The summed E-state index contributed by atoms with van der Waals surface area (Å²) in [6.07, 6.45) is 5.09. The summed E-state index contributed by atoms with van der Waals surface area (Å²) in [4.78, 5) is 8.39. The standard InChI is InChI=1S/C13H14ClN3/c1-9-3-4-10(11(14)7-9)13(15-2)12-8-16-5-6-17-12/h3-8,13,15H,1-2H3. The van der Waals surface area contributed by atoms with Gasteiger partial charge >= 0.3 is 0 Å². The Morgan fingerprint density at radius 2 is 2.12 bits per heavy atom. The first-order valence-electron chi connectivity index (χ1n) is 5.41. The number of hydrogen-bond donors (Lipinski definition) is 1. The molecule has 0 spiro atoms. The molecule has 1 aromatic heterocycles. The summed E-state index contributed by atoms with van der Waals surface area (Å²) in [7, 11) is 1.88. The number of nitrogens with zero attached hydrogens (tertiary/aromatic N) is 2. The van der Waals surface area contributed by atoms with Crippen LogP contribution in [0.1, 0.15) is 22.9 Å². The van der Waals surface area contributed by atoms with Crippen molar-refractivity contribution in [2.75, 3.05) is 7.05 Å². The molecule has 1 aromatic carbocycles. The van der Waals surface area contributed by atoms with E-state index in [1.165, 1.54) is 0 Å². The van der Waals surface area contributed by atoms with E-state index in [4.69, 9.17) is 11.6 Å². The van der Waals surface area contributed by atoms with Gasteiger partial charge in [0.25, 0.3) is 0 Å². The molecule has 2 aromatic rings. The van der Waals surface area contributed by atoms with Gasteiger partial charge in [-0.05, 0) is 31.2 Å². The topological polar surface area (TPSA) is 37.8 Å². The van der Waals surface area contributed by atoms with Gasteiger partial charge in [0.15, 0.2) is 0 Å². The van der Waals surface area contributed by atoms with E-state index in [-0.39, 0.29) is 6.04 Å². The Balaban J connectivity index is 2.42. The number of halogens is 1. The summed E-state index contributed by atoms with van der Waals surface area (Å²) in [5.41, 5.74) is 3.02. The minimum atomic E-state index is -0.0307. The zero-order valence-electron chi connectivity index (χ0n) is 9.81. The quantitative estimate of drug-likeness (QED) is 0.906. The molecule has 1 atom stereocenters. The molecule has 0 aliphatic heterocycles. The lowest BCUT2D eigenvalue weighted by Gasteiger charge is -2.17. The molecule has 0 aliphatic rings. The Morgan fingerprint density at radius 3 is 2.71 bits per heavy atom. The molecule has 0 saturated carbocycles. The second-order valence-corrected chi connectivity index (χ2v) is 4.28. The molecular formula is C13H14ClN3. The van der Waals surface area contributed by atoms with Gasteiger partial charge in [-0.25, -0.2) is 0 Å². The Labute approximate surface area is 106 Å². The van der Waals surface area contributed by atoms with Gasteiger partial charge in [0.2, 0.25) is 0 Å². The number of hydrogen-bond acceptors (Lipinski definition) is 3. The van der Waals surface area contributed by atoms with Crippen LogP contribution in [0, 0.1) is 6.92 Å². The fraction of sp³-hybridized carbons (Fsp3) is 0.231. The summed E-state index contributed by atoms with van der Waals surface area (Å²) >= 11 is 6.26. The number of nitrogens with one attached hydrogen (secondary N) is 1. The van der Waals surface area contributed by atoms with Crippen LogP contribution in [0.25, 0.3) is 0 Å². The van der Waals surface area contributed by atoms with Crippen LogP contribution in [0.5, 0.6) is 0 Å². The van der Waals surface area contributed by atoms with Crippen molar-refractivity contribution in [3.8, 4) is 0 Å². The molecule has 4 heteroatoms. The molecule has 0 aliphatic carbocycles. The number of benzene rings is 1. The van der Waals surface area contributed by atoms with Gasteiger partial charge in [-0.15, -0.1) is 0 Å². The molecule has 0 saturated heterocycles. The normalized spacial score (nSPS) is 12.4. The first-order chi connectivity index (χ1) is 8.22. The summed E-state index contributed by atoms with van der Waals surface area (Å²) in [5.74, 6) is 0. The van der Waals surface area contributed by atoms with Crippen LogP contribution in [-0.4, -0.2) is 17.0 Å². The summed E-state index contributed by atoms with van der Waals surface area (Å²) in [6, 6.07) is 5.99. The fourth-order valence-corrected chi connectivity index (χ4v) is 2.13. The van der Waals surface area contributed by atoms with E-state index < -0.39 is 0 Å². The van der Waals surface area contributed by atoms with Crippen molar-refractivity contribution in [3.05, 3.63) is 58.6 Å². The third-order valence-electron chi connectivity index (χ3n) is 2.63. The van der Waals surface area contributed by atoms with E-state index in [1.54, 1.807) is 18.6 Å². The molecule has 0 amide bonds. The average Bonchev–Trinajstić information content (AvgIpc) is 2.34. The maximum absolute atomic E-state index is 6.26. The van der Waals surface area contributed by atoms with Gasteiger partial charge in [0.1, 0.15) is 0 Å². The second-order valence-electron chi connectivity index (χ2n) is 3.88. The summed E-state index contributed by atoms with van der Waals surface area (Å²) in [6.45, 7) is 2.02. The monoisotopic (exact) mass is 247 g/mol. The highest BCUT2D eigenvalue weighted by Crippen LogP contribution is 2.27. The van der Waals surface area contributed by atoms with Gasteiger partial charge < -0.3 is 5.32 Å². The van der Waals surface area contributed by atoms with Crippen molar-refractivity contribution in [2.24, 2.45) is 0 Å². The third kappa shape index (κ3) is 2.62. The molecule has 88 valence electrons. The lowest BCUT2D eigenvalue weighted by molar-refractivity contribution is 0.667. The predicted octanol–water partition coefficient (Wildman–Crippen LogP) is 2.75. The third-order valence-corrected chi connectivity index (χ3v) is 2.96. The van der Waals surface area contributed by atoms with Crippen LogP contribution in [0.3, 0.4) is 0 Å². The van der Waals surface area contributed by atoms with E-state index in [1.807, 2.05) is 32.2 Å². The smallest absolute Gasteiger partial charge is 0.0801 e. The molecule has 0 bridgehead atoms. The number of rotatable bonds is 3. The van der Waals surface area contributed by atoms with Crippen molar-refractivity contribution in [1.29, 1.82) is 0 Å². The summed E-state index contributed by atoms with van der Waals surface area (Å²) in [5, 5.41) is 3.95. The molecule has 1 unspecified atom stereocenters. The van der Waals surface area contributed by atoms with Crippen molar-refractivity contribution < 1.29 is 0 Å². The molecule has 1 N–H and O–H groups in total. The van der Waals surface area contributed by atoms with Crippen LogP contribution in [-0.2, 0) is 0 Å². The Morgan fingerprint density at radius 1 is 1.29 bits per heavy atom. The Bertz CT molecular complexity index is 499. The zero-order chi connectivity index (χ0) is 12.3. The first kappa shape index (κ1) is 12.0. The zero-order valence-corrected chi connectivity index (χ0v) is 10.6. The highest BCUT2D eigenvalue weighted by atomic mass is 35.5.